The van der Waals surface area contributed by atoms with Gasteiger partial charge in [0.2, 0.25) is 0 Å². The third kappa shape index (κ3) is 6.47. The Morgan fingerprint density at radius 3 is 2.89 bits per heavy atom. The molecule has 1 fully saturated rings. The van der Waals surface area contributed by atoms with E-state index in [0.29, 0.717) is 18.4 Å². The number of aryl methyl sites for hydroxylation is 1. The van der Waals surface area contributed by atoms with Crippen LogP contribution in [0.2, 0.25) is 0 Å². The number of pyridine rings is 1. The molecule has 0 unspecified atom stereocenters. The SMILES string of the molecule is Cc1cccc(SC2CCN(C(=O)NCCCOc3cccnc3)CC2)c1. The zero-order chi connectivity index (χ0) is 18.9. The van der Waals surface area contributed by atoms with Crippen LogP contribution in [0, 0.1) is 6.92 Å². The van der Waals surface area contributed by atoms with E-state index in [1.807, 2.05) is 28.8 Å². The monoisotopic (exact) mass is 385 g/mol. The molecule has 1 aliphatic heterocycles. The highest BCUT2D eigenvalue weighted by atomic mass is 32.2. The number of hydrogen-bond acceptors (Lipinski definition) is 4. The van der Waals surface area contributed by atoms with Crippen molar-refractivity contribution in [3.8, 4) is 5.75 Å². The Labute approximate surface area is 165 Å². The van der Waals surface area contributed by atoms with E-state index in [1.54, 1.807) is 12.4 Å². The molecule has 0 spiro atoms. The summed E-state index contributed by atoms with van der Waals surface area (Å²) >= 11 is 1.93. The highest BCUT2D eigenvalue weighted by Crippen LogP contribution is 2.30. The minimum absolute atomic E-state index is 0.0374. The molecular formula is C21H27N3O2S. The van der Waals surface area contributed by atoms with Gasteiger partial charge in [0.25, 0.3) is 0 Å². The third-order valence-electron chi connectivity index (χ3n) is 4.52. The third-order valence-corrected chi connectivity index (χ3v) is 5.85. The largest absolute Gasteiger partial charge is 0.492 e. The van der Waals surface area contributed by atoms with Gasteiger partial charge < -0.3 is 15.0 Å². The van der Waals surface area contributed by atoms with E-state index in [-0.39, 0.29) is 6.03 Å². The summed E-state index contributed by atoms with van der Waals surface area (Å²) in [5.41, 5.74) is 1.30. The van der Waals surface area contributed by atoms with Crippen LogP contribution in [-0.2, 0) is 0 Å². The molecule has 1 N–H and O–H groups in total. The quantitative estimate of drug-likeness (QED) is 0.728. The van der Waals surface area contributed by atoms with E-state index >= 15 is 0 Å². The molecule has 6 heteroatoms. The number of piperidine rings is 1. The van der Waals surface area contributed by atoms with Crippen molar-refractivity contribution < 1.29 is 9.53 Å². The normalized spacial score (nSPS) is 14.8. The van der Waals surface area contributed by atoms with Crippen molar-refractivity contribution in [2.45, 2.75) is 36.3 Å². The van der Waals surface area contributed by atoms with Crippen LogP contribution in [0.15, 0.2) is 53.7 Å². The summed E-state index contributed by atoms with van der Waals surface area (Å²) in [4.78, 5) is 19.6. The summed E-state index contributed by atoms with van der Waals surface area (Å²) in [6.07, 6.45) is 6.26. The molecule has 3 rings (SSSR count). The van der Waals surface area contributed by atoms with E-state index in [4.69, 9.17) is 4.74 Å². The smallest absolute Gasteiger partial charge is 0.317 e. The fourth-order valence-corrected chi connectivity index (χ4v) is 4.30. The number of nitrogens with one attached hydrogen (secondary N) is 1. The minimum Gasteiger partial charge on any atom is -0.492 e. The molecule has 5 nitrogen and oxygen atoms in total. The first-order valence-corrected chi connectivity index (χ1v) is 10.4. The van der Waals surface area contributed by atoms with Crippen LogP contribution in [-0.4, -0.2) is 47.4 Å². The highest BCUT2D eigenvalue weighted by molar-refractivity contribution is 8.00. The molecule has 144 valence electrons. The van der Waals surface area contributed by atoms with Crippen molar-refractivity contribution in [3.05, 3.63) is 54.4 Å². The van der Waals surface area contributed by atoms with Crippen LogP contribution >= 0.6 is 11.8 Å². The average Bonchev–Trinajstić information content (AvgIpc) is 2.69. The Balaban J connectivity index is 1.30. The number of rotatable bonds is 7. The number of thioether (sulfide) groups is 1. The molecule has 0 saturated carbocycles. The van der Waals surface area contributed by atoms with Gasteiger partial charge in [0.05, 0.1) is 12.8 Å². The summed E-state index contributed by atoms with van der Waals surface area (Å²) in [7, 11) is 0. The van der Waals surface area contributed by atoms with Gasteiger partial charge in [0.15, 0.2) is 0 Å². The van der Waals surface area contributed by atoms with E-state index in [9.17, 15) is 4.79 Å². The molecule has 0 aliphatic carbocycles. The van der Waals surface area contributed by atoms with Gasteiger partial charge in [0.1, 0.15) is 5.75 Å². The van der Waals surface area contributed by atoms with Gasteiger partial charge in [-0.25, -0.2) is 4.79 Å². The number of carbonyl (C=O) groups is 1. The lowest BCUT2D eigenvalue weighted by Gasteiger charge is -2.31. The standard InChI is InChI=1S/C21H27N3O2S/c1-17-5-2-7-20(15-17)27-19-8-12-24(13-9-19)21(25)23-11-4-14-26-18-6-3-10-22-16-18/h2-3,5-7,10,15-16,19H,4,8-9,11-14H2,1H3,(H,23,25). The number of aromatic nitrogens is 1. The lowest BCUT2D eigenvalue weighted by atomic mass is 10.1. The second-order valence-corrected chi connectivity index (χ2v) is 8.12. The summed E-state index contributed by atoms with van der Waals surface area (Å²) in [6, 6.07) is 12.4. The van der Waals surface area contributed by atoms with Gasteiger partial charge in [0, 0.05) is 36.0 Å². The molecular weight excluding hydrogens is 358 g/mol. The lowest BCUT2D eigenvalue weighted by molar-refractivity contribution is 0.186. The van der Waals surface area contributed by atoms with Gasteiger partial charge in [-0.05, 0) is 50.5 Å². The Kier molecular flexibility index (Phi) is 7.39. The Morgan fingerprint density at radius 2 is 2.15 bits per heavy atom. The van der Waals surface area contributed by atoms with Gasteiger partial charge in [-0.2, -0.15) is 0 Å². The van der Waals surface area contributed by atoms with E-state index in [2.05, 4.69) is 41.5 Å². The molecule has 0 bridgehead atoms. The molecule has 1 aromatic heterocycles. The molecule has 0 atom stereocenters. The van der Waals surface area contributed by atoms with Crippen LogP contribution < -0.4 is 10.1 Å². The molecule has 0 radical (unpaired) electrons. The number of ether oxygens (including phenoxy) is 1. The van der Waals surface area contributed by atoms with Crippen LogP contribution in [0.3, 0.4) is 0 Å². The molecule has 1 aromatic carbocycles. The number of nitrogens with zero attached hydrogens (tertiary/aromatic N) is 2. The van der Waals surface area contributed by atoms with Gasteiger partial charge in [-0.3, -0.25) is 4.98 Å². The zero-order valence-electron chi connectivity index (χ0n) is 15.8. The predicted molar refractivity (Wildman–Crippen MR) is 109 cm³/mol. The van der Waals surface area contributed by atoms with Crippen molar-refractivity contribution in [2.24, 2.45) is 0 Å². The predicted octanol–water partition coefficient (Wildman–Crippen LogP) is 4.13. The molecule has 27 heavy (non-hydrogen) atoms. The number of likely N-dealkylation sites (tertiary alicyclic amines) is 1. The summed E-state index contributed by atoms with van der Waals surface area (Å²) in [6.45, 7) is 4.96. The average molecular weight is 386 g/mol. The second kappa shape index (κ2) is 10.2. The van der Waals surface area contributed by atoms with Crippen LogP contribution in [0.25, 0.3) is 0 Å². The molecule has 1 saturated heterocycles. The maximum atomic E-state index is 12.3. The van der Waals surface area contributed by atoms with E-state index in [0.717, 1.165) is 38.1 Å². The summed E-state index contributed by atoms with van der Waals surface area (Å²) in [5.74, 6) is 0.761. The number of hydrogen-bond donors (Lipinski definition) is 1. The fourth-order valence-electron chi connectivity index (χ4n) is 3.06. The Morgan fingerprint density at radius 1 is 1.30 bits per heavy atom. The lowest BCUT2D eigenvalue weighted by Crippen LogP contribution is -2.45. The van der Waals surface area contributed by atoms with Crippen molar-refractivity contribution >= 4 is 17.8 Å². The number of amides is 2. The van der Waals surface area contributed by atoms with Gasteiger partial charge in [-0.1, -0.05) is 17.7 Å². The first kappa shape index (κ1) is 19.5. The fraction of sp³-hybridized carbons (Fsp3) is 0.429. The highest BCUT2D eigenvalue weighted by Gasteiger charge is 2.23. The number of urea groups is 1. The number of benzene rings is 1. The van der Waals surface area contributed by atoms with Crippen LogP contribution in [0.5, 0.6) is 5.75 Å². The summed E-state index contributed by atoms with van der Waals surface area (Å²) < 4.78 is 5.58. The van der Waals surface area contributed by atoms with Crippen molar-refractivity contribution in [1.82, 2.24) is 15.2 Å². The molecule has 2 aromatic rings. The van der Waals surface area contributed by atoms with Crippen molar-refractivity contribution in [1.29, 1.82) is 0 Å². The van der Waals surface area contributed by atoms with Crippen LogP contribution in [0.4, 0.5) is 4.79 Å². The first-order valence-electron chi connectivity index (χ1n) is 9.49. The molecule has 2 heterocycles. The van der Waals surface area contributed by atoms with Gasteiger partial charge in [-0.15, -0.1) is 11.8 Å². The van der Waals surface area contributed by atoms with Crippen molar-refractivity contribution in [3.63, 3.8) is 0 Å². The van der Waals surface area contributed by atoms with E-state index in [1.165, 1.54) is 10.5 Å². The first-order chi connectivity index (χ1) is 13.2. The molecule has 1 aliphatic rings. The summed E-state index contributed by atoms with van der Waals surface area (Å²) in [5, 5.41) is 3.58. The maximum absolute atomic E-state index is 12.3. The van der Waals surface area contributed by atoms with Crippen molar-refractivity contribution in [2.75, 3.05) is 26.2 Å². The minimum atomic E-state index is 0.0374. The topological polar surface area (TPSA) is 54.5 Å². The molecule has 2 amide bonds. The second-order valence-electron chi connectivity index (χ2n) is 6.74. The van der Waals surface area contributed by atoms with Gasteiger partial charge >= 0.3 is 6.03 Å². The Bertz CT molecular complexity index is 718. The van der Waals surface area contributed by atoms with Crippen LogP contribution in [0.1, 0.15) is 24.8 Å². The number of carbonyl (C=O) groups excluding carboxylic acids is 1. The zero-order valence-corrected chi connectivity index (χ0v) is 16.6. The Hall–Kier alpha value is -2.21. The van der Waals surface area contributed by atoms with E-state index < -0.39 is 0 Å². The maximum Gasteiger partial charge on any atom is 0.317 e.